The van der Waals surface area contributed by atoms with Gasteiger partial charge in [0.1, 0.15) is 17.9 Å². The average molecular weight is 1320 g/mol. The molecule has 510 valence electrons. The standard InChI is InChI=1S/C16H18N2O4.C15H13N3O3.2C13H13NO3.C5H11NO.C4H9NO.C3H4N2.CH4/c1-11(19)14(10-17-6-8-22-9-7-17)18-15(20)12-4-2-3-5-13(12)16(18)21;1-10(19)13(8-17-7-6-16-9-17)18-14(20)11-4-2-3-5-12(11)15(18)21;2*1-3-11(8(2)15)14-12(16)9-6-4-5-7-10(9)13(14)17;1-3-5(6)4(2)7;1-3-6-4-2-5-1;1-2-5-3-4-1;/h2-5,14H,6-10H2,1H3;2-7,9,13H,8H2,1H3;2*4-7,11H,3H2,1-2H3;5H,3,6H2,1-2H3;5H,1-4H2;1-3H,(H,4,5);1H4. The lowest BCUT2D eigenvalue weighted by molar-refractivity contribution is -0.122. The normalized spacial score (nSPS) is 16.5. The summed E-state index contributed by atoms with van der Waals surface area (Å²) in [4.78, 5) is 172. The quantitative estimate of drug-likeness (QED) is 0.0939. The maximum Gasteiger partial charge on any atom is 0.262 e. The van der Waals surface area contributed by atoms with Gasteiger partial charge in [-0.1, -0.05) is 76.7 Å². The fraction of sp³-hybridized carbons (Fsp3) is 0.386. The first-order chi connectivity index (χ1) is 45.5. The summed E-state index contributed by atoms with van der Waals surface area (Å²) in [5.74, 6) is -3.75. The lowest BCUT2D eigenvalue weighted by Crippen LogP contribution is -2.52. The van der Waals surface area contributed by atoms with Gasteiger partial charge < -0.3 is 30.1 Å². The van der Waals surface area contributed by atoms with Crippen molar-refractivity contribution in [1.82, 2.24) is 49.3 Å². The molecule has 6 aliphatic heterocycles. The summed E-state index contributed by atoms with van der Waals surface area (Å²) in [6.45, 7) is 19.6. The van der Waals surface area contributed by atoms with Crippen molar-refractivity contribution in [2.75, 3.05) is 59.2 Å². The van der Waals surface area contributed by atoms with Crippen molar-refractivity contribution in [3.63, 3.8) is 0 Å². The van der Waals surface area contributed by atoms with E-state index in [0.717, 1.165) is 52.3 Å². The Morgan fingerprint density at radius 2 is 0.771 bits per heavy atom. The average Bonchev–Trinajstić information content (AvgIpc) is 1.65. The number of imide groups is 4. The van der Waals surface area contributed by atoms with Crippen LogP contribution in [0.5, 0.6) is 0 Å². The van der Waals surface area contributed by atoms with Crippen LogP contribution in [-0.4, -0.2) is 210 Å². The van der Waals surface area contributed by atoms with Crippen LogP contribution in [0.15, 0.2) is 135 Å². The molecule has 96 heavy (non-hydrogen) atoms. The predicted molar refractivity (Wildman–Crippen MR) is 354 cm³/mol. The molecule has 0 bridgehead atoms. The van der Waals surface area contributed by atoms with E-state index < -0.39 is 36.0 Å². The number of morpholine rings is 2. The van der Waals surface area contributed by atoms with Crippen molar-refractivity contribution < 1.29 is 71.8 Å². The highest BCUT2D eigenvalue weighted by Crippen LogP contribution is 2.29. The van der Waals surface area contributed by atoms with Crippen molar-refractivity contribution in [3.8, 4) is 0 Å². The molecule has 0 saturated carbocycles. The third-order valence-corrected chi connectivity index (χ3v) is 15.9. The van der Waals surface area contributed by atoms with E-state index in [0.29, 0.717) is 90.2 Å². The number of amides is 8. The molecule has 2 fully saturated rings. The zero-order chi connectivity index (χ0) is 69.5. The third kappa shape index (κ3) is 19.1. The minimum Gasteiger partial charge on any atom is -0.379 e. The first kappa shape index (κ1) is 76.7. The molecular weight excluding hydrogens is 1230 g/mol. The molecule has 12 rings (SSSR count). The van der Waals surface area contributed by atoms with Gasteiger partial charge in [-0.25, -0.2) is 9.97 Å². The van der Waals surface area contributed by atoms with Gasteiger partial charge in [-0.15, -0.1) is 0 Å². The summed E-state index contributed by atoms with van der Waals surface area (Å²) in [7, 11) is 0. The third-order valence-electron chi connectivity index (χ3n) is 15.9. The topological polar surface area (TPSA) is 341 Å². The Morgan fingerprint density at radius 1 is 0.448 bits per heavy atom. The number of aromatic nitrogens is 4. The van der Waals surface area contributed by atoms with E-state index in [9.17, 15) is 62.3 Å². The second-order valence-corrected chi connectivity index (χ2v) is 22.3. The number of Topliss-reactive ketones (excluding diaryl/α,β-unsaturated/α-hetero) is 5. The van der Waals surface area contributed by atoms with E-state index in [4.69, 9.17) is 15.2 Å². The summed E-state index contributed by atoms with van der Waals surface area (Å²) < 4.78 is 12.0. The van der Waals surface area contributed by atoms with E-state index in [1.165, 1.54) is 34.6 Å². The number of H-pyrrole nitrogens is 1. The molecule has 4 N–H and O–H groups in total. The molecule has 26 heteroatoms. The molecule has 6 aliphatic rings. The van der Waals surface area contributed by atoms with Crippen molar-refractivity contribution in [2.45, 2.75) is 119 Å². The summed E-state index contributed by atoms with van der Waals surface area (Å²) in [6, 6.07) is 23.5. The number of carbonyl (C=O) groups is 13. The van der Waals surface area contributed by atoms with Crippen LogP contribution in [0.1, 0.15) is 165 Å². The monoisotopic (exact) mass is 1320 g/mol. The van der Waals surface area contributed by atoms with Crippen LogP contribution < -0.4 is 11.1 Å². The maximum absolute atomic E-state index is 12.5. The Balaban J connectivity index is 0.000000213. The Morgan fingerprint density at radius 3 is 0.979 bits per heavy atom. The number of hydrogen-bond donors (Lipinski definition) is 3. The largest absolute Gasteiger partial charge is 0.379 e. The number of fused-ring (bicyclic) bond motifs is 4. The number of ketones is 5. The molecule has 5 atom stereocenters. The first-order valence-electron chi connectivity index (χ1n) is 31.1. The molecule has 2 aromatic heterocycles. The van der Waals surface area contributed by atoms with Gasteiger partial charge in [0.05, 0.1) is 108 Å². The highest BCUT2D eigenvalue weighted by atomic mass is 16.5. The van der Waals surface area contributed by atoms with Crippen LogP contribution in [0.4, 0.5) is 0 Å². The van der Waals surface area contributed by atoms with Gasteiger partial charge in [0.25, 0.3) is 47.3 Å². The molecule has 6 aromatic rings. The van der Waals surface area contributed by atoms with Gasteiger partial charge in [-0.05, 0) is 102 Å². The lowest BCUT2D eigenvalue weighted by Gasteiger charge is -2.32. The molecule has 8 heterocycles. The van der Waals surface area contributed by atoms with E-state index >= 15 is 0 Å². The molecule has 0 aliphatic carbocycles. The maximum atomic E-state index is 12.5. The van der Waals surface area contributed by atoms with E-state index in [2.05, 4.69) is 25.2 Å². The van der Waals surface area contributed by atoms with Crippen molar-refractivity contribution >= 4 is 76.2 Å². The number of carbonyl (C=O) groups excluding carboxylic acids is 13. The molecule has 0 radical (unpaired) electrons. The minimum absolute atomic E-state index is 0. The summed E-state index contributed by atoms with van der Waals surface area (Å²) in [5.41, 5.74) is 8.26. The number of imidazole rings is 2. The minimum atomic E-state index is -0.827. The van der Waals surface area contributed by atoms with Crippen molar-refractivity contribution in [1.29, 1.82) is 0 Å². The Bertz CT molecular complexity index is 3470. The van der Waals surface area contributed by atoms with E-state index in [1.54, 1.807) is 153 Å². The fourth-order valence-electron chi connectivity index (χ4n) is 10.7. The zero-order valence-corrected chi connectivity index (χ0v) is 54.6. The number of benzene rings is 4. The van der Waals surface area contributed by atoms with Crippen LogP contribution in [0, 0.1) is 0 Å². The van der Waals surface area contributed by atoms with Crippen LogP contribution in [-0.2, 0) is 40.0 Å². The molecule has 2 saturated heterocycles. The zero-order valence-electron chi connectivity index (χ0n) is 54.6. The number of nitrogens with one attached hydrogen (secondary N) is 2. The molecular formula is C70H85N11O15. The molecule has 5 unspecified atom stereocenters. The predicted octanol–water partition coefficient (Wildman–Crippen LogP) is 5.97. The number of ether oxygens (including phenoxy) is 2. The summed E-state index contributed by atoms with van der Waals surface area (Å²) >= 11 is 0. The van der Waals surface area contributed by atoms with Crippen molar-refractivity contribution in [2.24, 2.45) is 5.73 Å². The van der Waals surface area contributed by atoms with Crippen LogP contribution in [0.25, 0.3) is 0 Å². The van der Waals surface area contributed by atoms with E-state index in [-0.39, 0.29) is 84.4 Å². The molecule has 0 spiro atoms. The second kappa shape index (κ2) is 37.2. The van der Waals surface area contributed by atoms with Gasteiger partial charge in [-0.3, -0.25) is 86.8 Å². The molecule has 4 aromatic carbocycles. The Labute approximate surface area is 557 Å². The highest BCUT2D eigenvalue weighted by molar-refractivity contribution is 6.25. The first-order valence-corrected chi connectivity index (χ1v) is 31.1. The number of aromatic amines is 1. The van der Waals surface area contributed by atoms with Crippen molar-refractivity contribution in [3.05, 3.63) is 179 Å². The number of hydrogen-bond acceptors (Lipinski definition) is 20. The van der Waals surface area contributed by atoms with Gasteiger partial charge >= 0.3 is 0 Å². The summed E-state index contributed by atoms with van der Waals surface area (Å²) in [5, 5.41) is 3.16. The van der Waals surface area contributed by atoms with Crippen LogP contribution in [0.2, 0.25) is 0 Å². The Kier molecular flexibility index (Phi) is 29.7. The van der Waals surface area contributed by atoms with Crippen LogP contribution >= 0.6 is 0 Å². The lowest BCUT2D eigenvalue weighted by atomic mass is 10.1. The smallest absolute Gasteiger partial charge is 0.262 e. The fourth-order valence-corrected chi connectivity index (χ4v) is 10.7. The SMILES string of the molecule is C.C1COCCN1.CC(=O)C(CN1CCOCC1)N1C(=O)c2ccccc2C1=O.CC(=O)C(Cn1ccnc1)N1C(=O)c2ccccc2C1=O.CCC(C(C)=O)N1C(=O)c2ccccc2C1=O.CCC(C(C)=O)N1C(=O)c2ccccc2C1=O.CCC(N)C(C)=O.c1c[nH]cn1. The second-order valence-electron chi connectivity index (χ2n) is 22.3. The summed E-state index contributed by atoms with van der Waals surface area (Å²) in [6.07, 6.45) is 11.5. The number of nitrogens with two attached hydrogens (primary N) is 1. The molecule has 8 amide bonds. The van der Waals surface area contributed by atoms with Gasteiger partial charge in [0.15, 0.2) is 23.1 Å². The number of nitrogens with zero attached hydrogens (tertiary/aromatic N) is 8. The van der Waals surface area contributed by atoms with Crippen LogP contribution in [0.3, 0.4) is 0 Å². The molecule has 26 nitrogen and oxygen atoms in total. The highest BCUT2D eigenvalue weighted by Gasteiger charge is 2.45. The Hall–Kier alpha value is -9.99. The van der Waals surface area contributed by atoms with Gasteiger partial charge in [0.2, 0.25) is 0 Å². The van der Waals surface area contributed by atoms with E-state index in [1.807, 2.05) is 6.92 Å². The van der Waals surface area contributed by atoms with Gasteiger partial charge in [-0.2, -0.15) is 0 Å². The number of rotatable bonds is 16. The van der Waals surface area contributed by atoms with Gasteiger partial charge in [0, 0.05) is 57.5 Å².